The first-order chi connectivity index (χ1) is 9.36. The monoisotopic (exact) mass is 293 g/mol. The maximum atomic E-state index is 5.18. The van der Waals surface area contributed by atoms with E-state index >= 15 is 0 Å². The minimum atomic E-state index is 0. The largest absolute Gasteiger partial charge is 0.497 e. The van der Waals surface area contributed by atoms with Gasteiger partial charge >= 0.3 is 0 Å². The smallest absolute Gasteiger partial charge is 0.118 e. The Hall–Kier alpha value is -1.52. The van der Waals surface area contributed by atoms with Crippen LogP contribution in [0.4, 0.5) is 0 Å². The van der Waals surface area contributed by atoms with Crippen LogP contribution in [0.15, 0.2) is 36.7 Å². The summed E-state index contributed by atoms with van der Waals surface area (Å²) >= 11 is 0. The lowest BCUT2D eigenvalue weighted by atomic mass is 10.1. The summed E-state index contributed by atoms with van der Waals surface area (Å²) in [6.07, 6.45) is 6.41. The maximum absolute atomic E-state index is 5.18. The minimum absolute atomic E-state index is 0. The Kier molecular flexibility index (Phi) is 5.04. The highest BCUT2D eigenvalue weighted by molar-refractivity contribution is 5.85. The summed E-state index contributed by atoms with van der Waals surface area (Å²) in [6, 6.07) is 8.65. The Morgan fingerprint density at radius 1 is 1.15 bits per heavy atom. The summed E-state index contributed by atoms with van der Waals surface area (Å²) in [4.78, 5) is 0. The van der Waals surface area contributed by atoms with Crippen LogP contribution in [0, 0.1) is 0 Å². The molecule has 0 amide bonds. The highest BCUT2D eigenvalue weighted by Crippen LogP contribution is 2.24. The lowest BCUT2D eigenvalue weighted by Crippen LogP contribution is -2.29. The first-order valence-corrected chi connectivity index (χ1v) is 6.76. The lowest BCUT2D eigenvalue weighted by Gasteiger charge is -2.22. The van der Waals surface area contributed by atoms with Crippen molar-refractivity contribution < 1.29 is 4.74 Å². The van der Waals surface area contributed by atoms with Gasteiger partial charge in [0.1, 0.15) is 5.75 Å². The van der Waals surface area contributed by atoms with Crippen molar-refractivity contribution in [2.24, 2.45) is 0 Å². The van der Waals surface area contributed by atoms with Gasteiger partial charge in [-0.05, 0) is 43.6 Å². The van der Waals surface area contributed by atoms with E-state index in [0.717, 1.165) is 31.7 Å². The van der Waals surface area contributed by atoms with Crippen LogP contribution in [0.2, 0.25) is 0 Å². The van der Waals surface area contributed by atoms with E-state index < -0.39 is 0 Å². The Morgan fingerprint density at radius 2 is 1.85 bits per heavy atom. The normalized spacial score (nSPS) is 15.7. The molecule has 20 heavy (non-hydrogen) atoms. The van der Waals surface area contributed by atoms with E-state index in [9.17, 15) is 0 Å². The molecule has 108 valence electrons. The second kappa shape index (κ2) is 6.77. The zero-order valence-electron chi connectivity index (χ0n) is 11.6. The van der Waals surface area contributed by atoms with Crippen molar-refractivity contribution in [1.82, 2.24) is 15.1 Å². The molecule has 5 heteroatoms. The maximum Gasteiger partial charge on any atom is 0.118 e. The van der Waals surface area contributed by atoms with Gasteiger partial charge in [0.25, 0.3) is 0 Å². The van der Waals surface area contributed by atoms with Crippen LogP contribution >= 0.6 is 12.4 Å². The molecule has 1 fully saturated rings. The van der Waals surface area contributed by atoms with Crippen molar-refractivity contribution >= 4 is 12.4 Å². The molecule has 2 aromatic rings. The zero-order valence-corrected chi connectivity index (χ0v) is 12.4. The molecule has 0 unspecified atom stereocenters. The number of aromatic nitrogens is 2. The average molecular weight is 294 g/mol. The third-order valence-electron chi connectivity index (χ3n) is 3.71. The standard InChI is InChI=1S/C15H19N3O.ClH/c1-19-15-4-2-12(3-5-15)13-10-17-18(11-13)14-6-8-16-9-7-14;/h2-5,10-11,14,16H,6-9H2,1H3;1H. The number of piperidine rings is 1. The van der Waals surface area contributed by atoms with E-state index in [4.69, 9.17) is 4.74 Å². The molecule has 1 aliphatic rings. The van der Waals surface area contributed by atoms with E-state index in [1.54, 1.807) is 7.11 Å². The molecule has 3 rings (SSSR count). The molecule has 4 nitrogen and oxygen atoms in total. The van der Waals surface area contributed by atoms with E-state index in [1.807, 2.05) is 18.3 Å². The summed E-state index contributed by atoms with van der Waals surface area (Å²) in [5.74, 6) is 0.884. The van der Waals surface area contributed by atoms with Gasteiger partial charge in [-0.15, -0.1) is 12.4 Å². The lowest BCUT2D eigenvalue weighted by molar-refractivity contribution is 0.343. The van der Waals surface area contributed by atoms with Gasteiger partial charge < -0.3 is 10.1 Å². The predicted octanol–water partition coefficient (Wildman–Crippen LogP) is 2.91. The number of benzene rings is 1. The van der Waals surface area contributed by atoms with Crippen LogP contribution in [0.3, 0.4) is 0 Å². The first-order valence-electron chi connectivity index (χ1n) is 6.76. The fraction of sp³-hybridized carbons (Fsp3) is 0.400. The van der Waals surface area contributed by atoms with Crippen LogP contribution in [-0.4, -0.2) is 30.0 Å². The molecule has 0 radical (unpaired) electrons. The van der Waals surface area contributed by atoms with Crippen LogP contribution in [0.5, 0.6) is 5.75 Å². The van der Waals surface area contributed by atoms with Gasteiger partial charge in [0, 0.05) is 11.8 Å². The molecule has 0 spiro atoms. The summed E-state index contributed by atoms with van der Waals surface area (Å²) < 4.78 is 7.29. The fourth-order valence-corrected chi connectivity index (χ4v) is 2.54. The quantitative estimate of drug-likeness (QED) is 0.946. The van der Waals surface area contributed by atoms with Gasteiger partial charge in [-0.2, -0.15) is 5.10 Å². The first kappa shape index (κ1) is 14.9. The zero-order chi connectivity index (χ0) is 13.1. The number of nitrogens with one attached hydrogen (secondary N) is 1. The SMILES string of the molecule is COc1ccc(-c2cnn(C3CCNCC3)c2)cc1.Cl. The topological polar surface area (TPSA) is 39.1 Å². The molecular weight excluding hydrogens is 274 g/mol. The van der Waals surface area contributed by atoms with Gasteiger partial charge in [-0.3, -0.25) is 4.68 Å². The van der Waals surface area contributed by atoms with E-state index in [2.05, 4.69) is 33.4 Å². The number of nitrogens with zero attached hydrogens (tertiary/aromatic N) is 2. The van der Waals surface area contributed by atoms with Crippen molar-refractivity contribution in [2.45, 2.75) is 18.9 Å². The van der Waals surface area contributed by atoms with Gasteiger partial charge in [0.2, 0.25) is 0 Å². The molecule has 1 aliphatic heterocycles. The van der Waals surface area contributed by atoms with Crippen LogP contribution < -0.4 is 10.1 Å². The van der Waals surface area contributed by atoms with Gasteiger partial charge in [0.05, 0.1) is 19.3 Å². The number of halogens is 1. The van der Waals surface area contributed by atoms with E-state index in [-0.39, 0.29) is 12.4 Å². The number of methoxy groups -OCH3 is 1. The number of hydrogen-bond acceptors (Lipinski definition) is 3. The second-order valence-corrected chi connectivity index (χ2v) is 4.92. The Morgan fingerprint density at radius 3 is 2.50 bits per heavy atom. The summed E-state index contributed by atoms with van der Waals surface area (Å²) in [6.45, 7) is 2.17. The molecule has 1 aromatic carbocycles. The molecule has 0 aliphatic carbocycles. The number of hydrogen-bond donors (Lipinski definition) is 1. The molecule has 1 aromatic heterocycles. The molecule has 0 atom stereocenters. The van der Waals surface area contributed by atoms with Crippen molar-refractivity contribution in [1.29, 1.82) is 0 Å². The Balaban J connectivity index is 0.00000147. The van der Waals surface area contributed by atoms with Crippen molar-refractivity contribution in [2.75, 3.05) is 20.2 Å². The average Bonchev–Trinajstić information content (AvgIpc) is 2.98. The van der Waals surface area contributed by atoms with Gasteiger partial charge in [-0.1, -0.05) is 12.1 Å². The number of rotatable bonds is 3. The minimum Gasteiger partial charge on any atom is -0.497 e. The molecule has 0 saturated carbocycles. The predicted molar refractivity (Wildman–Crippen MR) is 82.6 cm³/mol. The third kappa shape index (κ3) is 3.14. The van der Waals surface area contributed by atoms with Crippen LogP contribution in [0.25, 0.3) is 11.1 Å². The van der Waals surface area contributed by atoms with Gasteiger partial charge in [-0.25, -0.2) is 0 Å². The van der Waals surface area contributed by atoms with E-state index in [0.29, 0.717) is 6.04 Å². The van der Waals surface area contributed by atoms with Crippen molar-refractivity contribution in [3.05, 3.63) is 36.7 Å². The summed E-state index contributed by atoms with van der Waals surface area (Å²) in [5.41, 5.74) is 2.35. The number of ether oxygens (including phenoxy) is 1. The second-order valence-electron chi connectivity index (χ2n) is 4.92. The molecule has 1 saturated heterocycles. The van der Waals surface area contributed by atoms with Gasteiger partial charge in [0.15, 0.2) is 0 Å². The molecule has 1 N–H and O–H groups in total. The summed E-state index contributed by atoms with van der Waals surface area (Å²) in [7, 11) is 1.68. The van der Waals surface area contributed by atoms with Crippen LogP contribution in [0.1, 0.15) is 18.9 Å². The highest BCUT2D eigenvalue weighted by Gasteiger charge is 2.15. The van der Waals surface area contributed by atoms with E-state index in [1.165, 1.54) is 11.1 Å². The highest BCUT2D eigenvalue weighted by atomic mass is 35.5. The molecular formula is C15H20ClN3O. The van der Waals surface area contributed by atoms with Crippen molar-refractivity contribution in [3.8, 4) is 16.9 Å². The Bertz CT molecular complexity index is 532. The molecule has 0 bridgehead atoms. The van der Waals surface area contributed by atoms with Crippen molar-refractivity contribution in [3.63, 3.8) is 0 Å². The third-order valence-corrected chi connectivity index (χ3v) is 3.71. The Labute approximate surface area is 125 Å². The van der Waals surface area contributed by atoms with Crippen LogP contribution in [-0.2, 0) is 0 Å². The fourth-order valence-electron chi connectivity index (χ4n) is 2.54. The molecule has 2 heterocycles. The summed E-state index contributed by atoms with van der Waals surface area (Å²) in [5, 5.41) is 7.90.